The van der Waals surface area contributed by atoms with Crippen molar-refractivity contribution in [3.05, 3.63) is 46.9 Å². The Hall–Kier alpha value is -3.33. The largest absolute Gasteiger partial charge is 0.423 e. The van der Waals surface area contributed by atoms with Crippen LogP contribution in [0.1, 0.15) is 28.8 Å². The molecule has 1 N–H and O–H groups in total. The quantitative estimate of drug-likeness (QED) is 0.490. The molecule has 1 aliphatic rings. The molecule has 1 saturated heterocycles. The smallest absolute Gasteiger partial charge is 0.247 e. The normalized spacial score (nSPS) is 14.8. The van der Waals surface area contributed by atoms with Crippen LogP contribution in [0.3, 0.4) is 0 Å². The third-order valence-corrected chi connectivity index (χ3v) is 7.33. The molecule has 1 fully saturated rings. The molecule has 0 aliphatic carbocycles. The predicted molar refractivity (Wildman–Crippen MR) is 125 cm³/mol. The van der Waals surface area contributed by atoms with E-state index in [1.165, 1.54) is 16.8 Å². The summed E-state index contributed by atoms with van der Waals surface area (Å²) in [7, 11) is 0. The standard InChI is InChI=1S/C23H24N6O2S/c1-13-4-5-17(22-28-26-12-31-22)10-18(13)27-21(30)16-6-8-29(9-7-16)20-19-14(2)15(3)32-23(19)25-11-24-20/h4-5,10-12,16H,6-9H2,1-3H3,(H,27,30). The zero-order valence-electron chi connectivity index (χ0n) is 18.3. The Morgan fingerprint density at radius 3 is 2.75 bits per heavy atom. The summed E-state index contributed by atoms with van der Waals surface area (Å²) < 4.78 is 5.28. The van der Waals surface area contributed by atoms with Gasteiger partial charge in [-0.2, -0.15) is 0 Å². The Morgan fingerprint density at radius 1 is 1.19 bits per heavy atom. The minimum absolute atomic E-state index is 0.0413. The average Bonchev–Trinajstić information content (AvgIpc) is 3.44. The van der Waals surface area contributed by atoms with Gasteiger partial charge < -0.3 is 14.6 Å². The highest BCUT2D eigenvalue weighted by Gasteiger charge is 2.27. The van der Waals surface area contributed by atoms with Crippen molar-refractivity contribution in [2.75, 3.05) is 23.3 Å². The van der Waals surface area contributed by atoms with Crippen LogP contribution in [0.2, 0.25) is 0 Å². The Bertz CT molecular complexity index is 1280. The zero-order valence-corrected chi connectivity index (χ0v) is 19.1. The molecule has 1 aliphatic heterocycles. The number of hydrogen-bond acceptors (Lipinski definition) is 8. The van der Waals surface area contributed by atoms with Gasteiger partial charge in [-0.1, -0.05) is 6.07 Å². The van der Waals surface area contributed by atoms with E-state index in [2.05, 4.69) is 44.2 Å². The highest BCUT2D eigenvalue weighted by Crippen LogP contribution is 2.36. The number of piperidine rings is 1. The molecular formula is C23H24N6O2S. The van der Waals surface area contributed by atoms with E-state index in [1.54, 1.807) is 17.7 Å². The topological polar surface area (TPSA) is 97.0 Å². The maximum Gasteiger partial charge on any atom is 0.247 e. The lowest BCUT2D eigenvalue weighted by atomic mass is 9.95. The number of nitrogens with one attached hydrogen (secondary N) is 1. The van der Waals surface area contributed by atoms with Crippen LogP contribution in [0.5, 0.6) is 0 Å². The molecule has 3 aromatic heterocycles. The maximum absolute atomic E-state index is 13.0. The molecule has 8 nitrogen and oxygen atoms in total. The van der Waals surface area contributed by atoms with Crippen LogP contribution in [0, 0.1) is 26.7 Å². The van der Waals surface area contributed by atoms with Crippen molar-refractivity contribution in [1.29, 1.82) is 0 Å². The van der Waals surface area contributed by atoms with E-state index in [4.69, 9.17) is 4.42 Å². The molecule has 9 heteroatoms. The van der Waals surface area contributed by atoms with E-state index in [-0.39, 0.29) is 11.8 Å². The number of aromatic nitrogens is 4. The number of thiophene rings is 1. The van der Waals surface area contributed by atoms with Crippen molar-refractivity contribution >= 4 is 39.0 Å². The monoisotopic (exact) mass is 448 g/mol. The van der Waals surface area contributed by atoms with E-state index in [0.29, 0.717) is 5.89 Å². The van der Waals surface area contributed by atoms with Crippen LogP contribution < -0.4 is 10.2 Å². The van der Waals surface area contributed by atoms with Gasteiger partial charge in [0.05, 0.1) is 5.39 Å². The van der Waals surface area contributed by atoms with Gasteiger partial charge in [0.1, 0.15) is 17.0 Å². The predicted octanol–water partition coefficient (Wildman–Crippen LogP) is 4.52. The third kappa shape index (κ3) is 3.73. The first-order valence-electron chi connectivity index (χ1n) is 10.6. The highest BCUT2D eigenvalue weighted by molar-refractivity contribution is 7.18. The molecule has 4 heterocycles. The van der Waals surface area contributed by atoms with E-state index >= 15 is 0 Å². The molecule has 164 valence electrons. The average molecular weight is 449 g/mol. The van der Waals surface area contributed by atoms with Gasteiger partial charge in [0.2, 0.25) is 18.2 Å². The summed E-state index contributed by atoms with van der Waals surface area (Å²) in [6.07, 6.45) is 4.50. The summed E-state index contributed by atoms with van der Waals surface area (Å²) >= 11 is 1.71. The van der Waals surface area contributed by atoms with Gasteiger partial charge in [-0.3, -0.25) is 4.79 Å². The maximum atomic E-state index is 13.0. The number of aryl methyl sites for hydroxylation is 3. The number of amides is 1. The van der Waals surface area contributed by atoms with Gasteiger partial charge in [0.15, 0.2) is 0 Å². The Kier molecular flexibility index (Phi) is 5.34. The van der Waals surface area contributed by atoms with Crippen LogP contribution >= 0.6 is 11.3 Å². The summed E-state index contributed by atoms with van der Waals surface area (Å²) in [6, 6.07) is 5.74. The van der Waals surface area contributed by atoms with E-state index in [1.807, 2.05) is 25.1 Å². The summed E-state index contributed by atoms with van der Waals surface area (Å²) in [5.74, 6) is 1.42. The Labute approximate surface area is 189 Å². The fourth-order valence-electron chi connectivity index (χ4n) is 4.18. The second-order valence-electron chi connectivity index (χ2n) is 8.18. The fraction of sp³-hybridized carbons (Fsp3) is 0.348. The Balaban J connectivity index is 1.28. The van der Waals surface area contributed by atoms with Crippen LogP contribution in [0.4, 0.5) is 11.5 Å². The second-order valence-corrected chi connectivity index (χ2v) is 9.39. The van der Waals surface area contributed by atoms with Crippen LogP contribution in [0.15, 0.2) is 35.3 Å². The number of nitrogens with zero attached hydrogens (tertiary/aromatic N) is 5. The van der Waals surface area contributed by atoms with Crippen molar-refractivity contribution < 1.29 is 9.21 Å². The lowest BCUT2D eigenvalue weighted by Gasteiger charge is -2.32. The summed E-state index contributed by atoms with van der Waals surface area (Å²) in [4.78, 5) is 26.6. The number of benzene rings is 1. The molecule has 0 unspecified atom stereocenters. The van der Waals surface area contributed by atoms with E-state index < -0.39 is 0 Å². The lowest BCUT2D eigenvalue weighted by Crippen LogP contribution is -2.38. The van der Waals surface area contributed by atoms with Crippen molar-refractivity contribution in [2.24, 2.45) is 5.92 Å². The molecule has 1 aromatic carbocycles. The molecule has 32 heavy (non-hydrogen) atoms. The molecule has 0 atom stereocenters. The first-order valence-corrected chi connectivity index (χ1v) is 11.5. The van der Waals surface area contributed by atoms with Crippen molar-refractivity contribution in [3.63, 3.8) is 0 Å². The highest BCUT2D eigenvalue weighted by atomic mass is 32.1. The van der Waals surface area contributed by atoms with Crippen molar-refractivity contribution in [3.8, 4) is 11.5 Å². The zero-order chi connectivity index (χ0) is 22.2. The fourth-order valence-corrected chi connectivity index (χ4v) is 5.17. The molecule has 1 amide bonds. The summed E-state index contributed by atoms with van der Waals surface area (Å²) in [6.45, 7) is 7.81. The molecule has 0 spiro atoms. The summed E-state index contributed by atoms with van der Waals surface area (Å²) in [5, 5.41) is 11.9. The van der Waals surface area contributed by atoms with Crippen molar-refractivity contribution in [2.45, 2.75) is 33.6 Å². The first-order chi connectivity index (χ1) is 15.5. The van der Waals surface area contributed by atoms with E-state index in [9.17, 15) is 4.79 Å². The molecule has 0 radical (unpaired) electrons. The minimum Gasteiger partial charge on any atom is -0.423 e. The van der Waals surface area contributed by atoms with Gasteiger partial charge in [0, 0.05) is 35.1 Å². The minimum atomic E-state index is -0.0413. The second kappa shape index (κ2) is 8.31. The lowest BCUT2D eigenvalue weighted by molar-refractivity contribution is -0.120. The number of carbonyl (C=O) groups excluding carboxylic acids is 1. The number of hydrogen-bond donors (Lipinski definition) is 1. The van der Waals surface area contributed by atoms with Gasteiger partial charge in [-0.15, -0.1) is 21.5 Å². The molecule has 0 bridgehead atoms. The number of fused-ring (bicyclic) bond motifs is 1. The van der Waals surface area contributed by atoms with Gasteiger partial charge >= 0.3 is 0 Å². The van der Waals surface area contributed by atoms with E-state index in [0.717, 1.165) is 58.8 Å². The summed E-state index contributed by atoms with van der Waals surface area (Å²) in [5.41, 5.74) is 3.80. The number of carbonyl (C=O) groups is 1. The third-order valence-electron chi connectivity index (χ3n) is 6.21. The SMILES string of the molecule is Cc1ccc(-c2nnco2)cc1NC(=O)C1CCN(c2ncnc3sc(C)c(C)c23)CC1. The molecular weight excluding hydrogens is 424 g/mol. The number of rotatable bonds is 4. The van der Waals surface area contributed by atoms with Gasteiger partial charge in [-0.25, -0.2) is 9.97 Å². The van der Waals surface area contributed by atoms with Gasteiger partial charge in [-0.05, 0) is 56.9 Å². The Morgan fingerprint density at radius 2 is 2.00 bits per heavy atom. The first kappa shape index (κ1) is 20.6. The molecule has 4 aromatic rings. The van der Waals surface area contributed by atoms with Crippen LogP contribution in [-0.4, -0.2) is 39.2 Å². The van der Waals surface area contributed by atoms with Crippen LogP contribution in [-0.2, 0) is 4.79 Å². The molecule has 0 saturated carbocycles. The number of anilines is 2. The molecule has 5 rings (SSSR count). The van der Waals surface area contributed by atoms with Crippen molar-refractivity contribution in [1.82, 2.24) is 20.2 Å². The van der Waals surface area contributed by atoms with Crippen LogP contribution in [0.25, 0.3) is 21.7 Å². The van der Waals surface area contributed by atoms with Gasteiger partial charge in [0.25, 0.3) is 0 Å².